The Kier molecular flexibility index (Phi) is 5.86. The fraction of sp³-hybridized carbons (Fsp3) is 0.300. The first kappa shape index (κ1) is 16.0. The van der Waals surface area contributed by atoms with E-state index in [0.717, 1.165) is 6.07 Å². The molecule has 0 saturated carbocycles. The largest absolute Gasteiger partial charge is 0.383 e. The summed E-state index contributed by atoms with van der Waals surface area (Å²) in [5.41, 5.74) is 0.278. The van der Waals surface area contributed by atoms with Crippen molar-refractivity contribution in [3.05, 3.63) is 23.2 Å². The number of rotatable bonds is 5. The molecule has 1 aromatic rings. The third-order valence-corrected chi connectivity index (χ3v) is 3.73. The van der Waals surface area contributed by atoms with Crippen LogP contribution in [0.25, 0.3) is 0 Å². The molecule has 0 fully saturated rings. The van der Waals surface area contributed by atoms with Gasteiger partial charge in [-0.3, -0.25) is 0 Å². The number of carbonyl (C=O) groups is 1. The number of urea groups is 1. The number of carbonyl (C=O) groups excluding carboxylic acids is 1. The molecule has 9 heteroatoms. The first-order valence-corrected chi connectivity index (χ1v) is 7.81. The molecule has 0 atom stereocenters. The van der Waals surface area contributed by atoms with Crippen molar-refractivity contribution < 1.29 is 17.9 Å². The van der Waals surface area contributed by atoms with Crippen LogP contribution in [-0.2, 0) is 13.8 Å². The van der Waals surface area contributed by atoms with E-state index in [9.17, 15) is 13.2 Å². The van der Waals surface area contributed by atoms with Crippen molar-refractivity contribution in [3.63, 3.8) is 0 Å². The van der Waals surface area contributed by atoms with Gasteiger partial charge in [0.15, 0.2) is 0 Å². The average Bonchev–Trinajstić information content (AvgIpc) is 2.31. The maximum absolute atomic E-state index is 11.4. The molecule has 1 rings (SSSR count). The Bertz CT molecular complexity index is 563. The molecule has 2 amide bonds. The van der Waals surface area contributed by atoms with E-state index in [1.807, 2.05) is 0 Å². The highest BCUT2D eigenvalue weighted by atomic mass is 35.7. The van der Waals surface area contributed by atoms with Crippen LogP contribution in [-0.4, -0.2) is 34.7 Å². The Morgan fingerprint density at radius 1 is 1.42 bits per heavy atom. The Morgan fingerprint density at radius 3 is 2.63 bits per heavy atom. The highest BCUT2D eigenvalue weighted by molar-refractivity contribution is 8.13. The van der Waals surface area contributed by atoms with E-state index >= 15 is 0 Å². The summed E-state index contributed by atoms with van der Waals surface area (Å²) in [6.45, 7) is 0.721. The highest BCUT2D eigenvalue weighted by Gasteiger charge is 2.13. The Balaban J connectivity index is 2.73. The van der Waals surface area contributed by atoms with Crippen LogP contribution in [0.4, 0.5) is 10.5 Å². The predicted molar refractivity (Wildman–Crippen MR) is 73.4 cm³/mol. The summed E-state index contributed by atoms with van der Waals surface area (Å²) in [5.74, 6) is 0. The first-order chi connectivity index (χ1) is 8.84. The lowest BCUT2D eigenvalue weighted by molar-refractivity contribution is 0.198. The van der Waals surface area contributed by atoms with Gasteiger partial charge >= 0.3 is 6.03 Å². The molecule has 106 valence electrons. The molecule has 19 heavy (non-hydrogen) atoms. The van der Waals surface area contributed by atoms with E-state index in [-0.39, 0.29) is 15.6 Å². The minimum Gasteiger partial charge on any atom is -0.383 e. The Hall–Kier alpha value is -1.02. The zero-order valence-electron chi connectivity index (χ0n) is 9.94. The van der Waals surface area contributed by atoms with Gasteiger partial charge in [0.1, 0.15) is 0 Å². The van der Waals surface area contributed by atoms with E-state index in [1.54, 1.807) is 0 Å². The standard InChI is InChI=1S/C10H12Cl2N2O4S/c1-18-5-4-13-10(15)14-9-3-2-7(6-8(9)11)19(12,16)17/h2-3,6H,4-5H2,1H3,(H2,13,14,15). The summed E-state index contributed by atoms with van der Waals surface area (Å²) >= 11 is 5.85. The smallest absolute Gasteiger partial charge is 0.319 e. The number of halogens is 2. The Labute approximate surface area is 120 Å². The Morgan fingerprint density at radius 2 is 2.11 bits per heavy atom. The summed E-state index contributed by atoms with van der Waals surface area (Å²) < 4.78 is 26.9. The first-order valence-electron chi connectivity index (χ1n) is 5.12. The quantitative estimate of drug-likeness (QED) is 0.640. The van der Waals surface area contributed by atoms with Crippen LogP contribution in [0.3, 0.4) is 0 Å². The molecular weight excluding hydrogens is 315 g/mol. The minimum absolute atomic E-state index is 0.0728. The summed E-state index contributed by atoms with van der Waals surface area (Å²) in [7, 11) is 2.84. The van der Waals surface area contributed by atoms with Gasteiger partial charge in [0.05, 0.1) is 22.2 Å². The van der Waals surface area contributed by atoms with Gasteiger partial charge < -0.3 is 15.4 Å². The maximum Gasteiger partial charge on any atom is 0.319 e. The van der Waals surface area contributed by atoms with E-state index in [4.69, 9.17) is 27.0 Å². The maximum atomic E-state index is 11.4. The zero-order chi connectivity index (χ0) is 14.5. The predicted octanol–water partition coefficient (Wildman–Crippen LogP) is 2.04. The second-order valence-electron chi connectivity index (χ2n) is 3.45. The minimum atomic E-state index is -3.85. The van der Waals surface area contributed by atoms with E-state index in [2.05, 4.69) is 10.6 Å². The summed E-state index contributed by atoms with van der Waals surface area (Å²) in [5, 5.41) is 5.07. The van der Waals surface area contributed by atoms with Gasteiger partial charge in [-0.1, -0.05) is 11.6 Å². The highest BCUT2D eigenvalue weighted by Crippen LogP contribution is 2.26. The molecule has 0 aromatic heterocycles. The van der Waals surface area contributed by atoms with Crippen molar-refractivity contribution in [2.75, 3.05) is 25.6 Å². The van der Waals surface area contributed by atoms with E-state index in [1.165, 1.54) is 19.2 Å². The van der Waals surface area contributed by atoms with Crippen LogP contribution in [0.1, 0.15) is 0 Å². The number of hydrogen-bond donors (Lipinski definition) is 2. The molecule has 0 saturated heterocycles. The van der Waals surface area contributed by atoms with Crippen LogP contribution in [0.2, 0.25) is 5.02 Å². The van der Waals surface area contributed by atoms with Crippen molar-refractivity contribution in [1.29, 1.82) is 0 Å². The van der Waals surface area contributed by atoms with Crippen molar-refractivity contribution in [1.82, 2.24) is 5.32 Å². The summed E-state index contributed by atoms with van der Waals surface area (Å²) in [6.07, 6.45) is 0. The van der Waals surface area contributed by atoms with E-state index < -0.39 is 15.1 Å². The second kappa shape index (κ2) is 6.95. The number of anilines is 1. The third-order valence-electron chi connectivity index (χ3n) is 2.06. The molecule has 0 aliphatic heterocycles. The van der Waals surface area contributed by atoms with Crippen molar-refractivity contribution >= 4 is 43.1 Å². The van der Waals surface area contributed by atoms with E-state index in [0.29, 0.717) is 13.2 Å². The molecule has 0 unspecified atom stereocenters. The summed E-state index contributed by atoms with van der Waals surface area (Å²) in [4.78, 5) is 11.3. The molecule has 0 heterocycles. The fourth-order valence-corrected chi connectivity index (χ4v) is 2.25. The van der Waals surface area contributed by atoms with Gasteiger partial charge in [-0.25, -0.2) is 13.2 Å². The molecular formula is C10H12Cl2N2O4S. The number of hydrogen-bond acceptors (Lipinski definition) is 4. The van der Waals surface area contributed by atoms with Gasteiger partial charge in [-0.15, -0.1) is 0 Å². The molecule has 1 aromatic carbocycles. The van der Waals surface area contributed by atoms with Crippen molar-refractivity contribution in [3.8, 4) is 0 Å². The zero-order valence-corrected chi connectivity index (χ0v) is 12.3. The number of methoxy groups -OCH3 is 1. The van der Waals surface area contributed by atoms with Gasteiger partial charge in [0.2, 0.25) is 0 Å². The van der Waals surface area contributed by atoms with Gasteiger partial charge in [-0.05, 0) is 18.2 Å². The van der Waals surface area contributed by atoms with Gasteiger partial charge in [0.25, 0.3) is 9.05 Å². The molecule has 0 aliphatic rings. The molecule has 6 nitrogen and oxygen atoms in total. The lowest BCUT2D eigenvalue weighted by Gasteiger charge is -2.09. The lowest BCUT2D eigenvalue weighted by Crippen LogP contribution is -2.31. The molecule has 0 spiro atoms. The van der Waals surface area contributed by atoms with Gasteiger partial charge in [0, 0.05) is 24.3 Å². The topological polar surface area (TPSA) is 84.5 Å². The van der Waals surface area contributed by atoms with Crippen LogP contribution in [0.5, 0.6) is 0 Å². The molecule has 0 bridgehead atoms. The summed E-state index contributed by atoms with van der Waals surface area (Å²) in [6, 6.07) is 3.29. The number of ether oxygens (including phenoxy) is 1. The van der Waals surface area contributed by atoms with Crippen LogP contribution < -0.4 is 10.6 Å². The lowest BCUT2D eigenvalue weighted by atomic mass is 10.3. The third kappa shape index (κ3) is 5.23. The van der Waals surface area contributed by atoms with Gasteiger partial charge in [-0.2, -0.15) is 0 Å². The van der Waals surface area contributed by atoms with Crippen LogP contribution in [0.15, 0.2) is 23.1 Å². The van der Waals surface area contributed by atoms with Crippen molar-refractivity contribution in [2.45, 2.75) is 4.90 Å². The molecule has 0 radical (unpaired) electrons. The SMILES string of the molecule is COCCNC(=O)Nc1ccc(S(=O)(=O)Cl)cc1Cl. The average molecular weight is 327 g/mol. The molecule has 0 aliphatic carbocycles. The molecule has 2 N–H and O–H groups in total. The monoisotopic (exact) mass is 326 g/mol. The fourth-order valence-electron chi connectivity index (χ4n) is 1.18. The number of amides is 2. The van der Waals surface area contributed by atoms with Crippen molar-refractivity contribution in [2.24, 2.45) is 0 Å². The second-order valence-corrected chi connectivity index (χ2v) is 6.43. The number of nitrogens with one attached hydrogen (secondary N) is 2. The normalized spacial score (nSPS) is 11.1. The van der Waals surface area contributed by atoms with Crippen LogP contribution >= 0.6 is 22.3 Å². The number of benzene rings is 1. The van der Waals surface area contributed by atoms with Crippen LogP contribution in [0, 0.1) is 0 Å².